The van der Waals surface area contributed by atoms with Gasteiger partial charge in [0.05, 0.1) is 0 Å². The average Bonchev–Trinajstić information content (AvgIpc) is 3.39. The number of carbonyl (C=O) groups excluding carboxylic acids is 3. The van der Waals surface area contributed by atoms with Gasteiger partial charge < -0.3 is 14.2 Å². The second kappa shape index (κ2) is 60.6. The predicted molar refractivity (Wildman–Crippen MR) is 316 cm³/mol. The molecule has 0 aliphatic rings. The van der Waals surface area contributed by atoms with Crippen molar-refractivity contribution >= 4 is 17.9 Å². The smallest absolute Gasteiger partial charge is 0.306 e. The molecule has 0 aliphatic heterocycles. The number of carbonyl (C=O) groups is 3. The summed E-state index contributed by atoms with van der Waals surface area (Å²) in [5.74, 6) is -0.905. The van der Waals surface area contributed by atoms with Crippen LogP contribution in [0.4, 0.5) is 0 Å². The third-order valence-corrected chi connectivity index (χ3v) is 12.7. The molecule has 0 heterocycles. The first kappa shape index (κ1) is 69.1. The molecule has 0 bridgehead atoms. The van der Waals surface area contributed by atoms with Crippen molar-refractivity contribution in [3.05, 3.63) is 109 Å². The molecule has 0 amide bonds. The van der Waals surface area contributed by atoms with E-state index >= 15 is 0 Å². The molecule has 416 valence electrons. The van der Waals surface area contributed by atoms with Gasteiger partial charge in [-0.2, -0.15) is 0 Å². The van der Waals surface area contributed by atoms with E-state index in [0.717, 1.165) is 122 Å². The van der Waals surface area contributed by atoms with Crippen LogP contribution in [0.25, 0.3) is 0 Å². The maximum absolute atomic E-state index is 12.9. The third-order valence-electron chi connectivity index (χ3n) is 12.7. The molecule has 0 spiro atoms. The van der Waals surface area contributed by atoms with Crippen LogP contribution in [0.2, 0.25) is 0 Å². The van der Waals surface area contributed by atoms with E-state index in [1.807, 2.05) is 0 Å². The molecule has 0 rings (SSSR count). The number of hydrogen-bond acceptors (Lipinski definition) is 6. The zero-order chi connectivity index (χ0) is 52.9. The third kappa shape index (κ3) is 58.8. The maximum Gasteiger partial charge on any atom is 0.306 e. The van der Waals surface area contributed by atoms with Crippen LogP contribution in [0.15, 0.2) is 109 Å². The molecule has 6 nitrogen and oxygen atoms in total. The molecule has 1 atom stereocenters. The van der Waals surface area contributed by atoms with Crippen molar-refractivity contribution in [1.82, 2.24) is 0 Å². The molecule has 1 unspecified atom stereocenters. The van der Waals surface area contributed by atoms with E-state index in [1.165, 1.54) is 116 Å². The van der Waals surface area contributed by atoms with Crippen LogP contribution in [-0.4, -0.2) is 37.2 Å². The van der Waals surface area contributed by atoms with E-state index in [9.17, 15) is 14.4 Å². The average molecular weight is 1010 g/mol. The Labute approximate surface area is 450 Å². The van der Waals surface area contributed by atoms with Crippen molar-refractivity contribution in [3.63, 3.8) is 0 Å². The van der Waals surface area contributed by atoms with Crippen molar-refractivity contribution < 1.29 is 28.6 Å². The lowest BCUT2D eigenvalue weighted by Gasteiger charge is -2.18. The number of ether oxygens (including phenoxy) is 3. The normalized spacial score (nSPS) is 12.9. The summed E-state index contributed by atoms with van der Waals surface area (Å²) in [7, 11) is 0. The molecule has 0 radical (unpaired) electrons. The molecule has 0 saturated heterocycles. The second-order valence-electron chi connectivity index (χ2n) is 19.8. The van der Waals surface area contributed by atoms with Crippen LogP contribution in [-0.2, 0) is 28.6 Å². The lowest BCUT2D eigenvalue weighted by Crippen LogP contribution is -2.30. The monoisotopic (exact) mass is 1010 g/mol. The van der Waals surface area contributed by atoms with Gasteiger partial charge in [-0.15, -0.1) is 0 Å². The molecule has 0 aromatic heterocycles. The molecule has 73 heavy (non-hydrogen) atoms. The number of unbranched alkanes of at least 4 members (excludes halogenated alkanes) is 25. The summed E-state index contributed by atoms with van der Waals surface area (Å²) >= 11 is 0. The fourth-order valence-electron chi connectivity index (χ4n) is 8.23. The van der Waals surface area contributed by atoms with E-state index in [2.05, 4.69) is 130 Å². The Morgan fingerprint density at radius 2 is 0.534 bits per heavy atom. The number of rotatable bonds is 54. The number of allylic oxidation sites excluding steroid dienone is 18. The number of esters is 3. The predicted octanol–water partition coefficient (Wildman–Crippen LogP) is 20.7. The molecular weight excluding hydrogens is 901 g/mol. The van der Waals surface area contributed by atoms with Crippen molar-refractivity contribution in [3.8, 4) is 0 Å². The first-order valence-electron chi connectivity index (χ1n) is 30.4. The number of hydrogen-bond donors (Lipinski definition) is 0. The van der Waals surface area contributed by atoms with E-state index in [0.29, 0.717) is 19.3 Å². The van der Waals surface area contributed by atoms with Crippen LogP contribution >= 0.6 is 0 Å². The SMILES string of the molecule is CC/C=C\C/C=C\C/C=C\C/C=C\CCCCCCCCCCCCC(=O)OCC(COC(=O)CCCCCCC/C=C\CCCC)OC(=O)CCCCCCCCCC/C=C\C/C=C\C/C=C\C/C=C\CC. The molecule has 0 saturated carbocycles. The Kier molecular flexibility index (Phi) is 57.4. The minimum absolute atomic E-state index is 0.0868. The van der Waals surface area contributed by atoms with Crippen LogP contribution in [0.1, 0.15) is 278 Å². The Bertz CT molecular complexity index is 1490. The van der Waals surface area contributed by atoms with Gasteiger partial charge >= 0.3 is 17.9 Å². The summed E-state index contributed by atoms with van der Waals surface area (Å²) in [5.41, 5.74) is 0. The van der Waals surface area contributed by atoms with Crippen molar-refractivity contribution in [2.24, 2.45) is 0 Å². The van der Waals surface area contributed by atoms with Gasteiger partial charge in [0, 0.05) is 19.3 Å². The summed E-state index contributed by atoms with van der Waals surface area (Å²) < 4.78 is 16.9. The summed E-state index contributed by atoms with van der Waals surface area (Å²) in [6.07, 6.45) is 82.3. The van der Waals surface area contributed by atoms with Crippen molar-refractivity contribution in [2.45, 2.75) is 284 Å². The first-order chi connectivity index (χ1) is 36.0. The zero-order valence-electron chi connectivity index (χ0n) is 47.6. The van der Waals surface area contributed by atoms with Crippen molar-refractivity contribution in [2.75, 3.05) is 13.2 Å². The summed E-state index contributed by atoms with van der Waals surface area (Å²) in [6.45, 7) is 6.37. The molecule has 6 heteroatoms. The fraction of sp³-hybridized carbons (Fsp3) is 0.687. The molecule has 0 aliphatic carbocycles. The maximum atomic E-state index is 12.9. The first-order valence-corrected chi connectivity index (χ1v) is 30.4. The highest BCUT2D eigenvalue weighted by atomic mass is 16.6. The van der Waals surface area contributed by atoms with Crippen LogP contribution in [0.3, 0.4) is 0 Å². The van der Waals surface area contributed by atoms with Crippen molar-refractivity contribution in [1.29, 1.82) is 0 Å². The van der Waals surface area contributed by atoms with Gasteiger partial charge in [-0.05, 0) is 116 Å². The van der Waals surface area contributed by atoms with Gasteiger partial charge in [0.2, 0.25) is 0 Å². The summed E-state index contributed by atoms with van der Waals surface area (Å²) in [4.78, 5) is 38.2. The molecule has 0 aromatic rings. The Morgan fingerprint density at radius 1 is 0.288 bits per heavy atom. The van der Waals surface area contributed by atoms with Gasteiger partial charge in [-0.3, -0.25) is 14.4 Å². The van der Waals surface area contributed by atoms with Crippen LogP contribution < -0.4 is 0 Å². The van der Waals surface area contributed by atoms with E-state index < -0.39 is 6.10 Å². The summed E-state index contributed by atoms with van der Waals surface area (Å²) in [6, 6.07) is 0. The second-order valence-corrected chi connectivity index (χ2v) is 19.8. The Hall–Kier alpha value is -3.93. The molecule has 0 fully saturated rings. The Balaban J connectivity index is 4.33. The van der Waals surface area contributed by atoms with Crippen LogP contribution in [0, 0.1) is 0 Å². The molecule has 0 N–H and O–H groups in total. The van der Waals surface area contributed by atoms with E-state index in [1.54, 1.807) is 0 Å². The van der Waals surface area contributed by atoms with Gasteiger partial charge in [0.25, 0.3) is 0 Å². The van der Waals surface area contributed by atoms with Crippen LogP contribution in [0.5, 0.6) is 0 Å². The quantitative estimate of drug-likeness (QED) is 0.0261. The van der Waals surface area contributed by atoms with Gasteiger partial charge in [0.15, 0.2) is 6.10 Å². The molecule has 0 aromatic carbocycles. The Morgan fingerprint density at radius 3 is 0.849 bits per heavy atom. The van der Waals surface area contributed by atoms with Gasteiger partial charge in [-0.25, -0.2) is 0 Å². The topological polar surface area (TPSA) is 78.9 Å². The van der Waals surface area contributed by atoms with Gasteiger partial charge in [0.1, 0.15) is 13.2 Å². The molecular formula is C67H112O6. The lowest BCUT2D eigenvalue weighted by molar-refractivity contribution is -0.167. The van der Waals surface area contributed by atoms with E-state index in [-0.39, 0.29) is 31.1 Å². The minimum Gasteiger partial charge on any atom is -0.462 e. The lowest BCUT2D eigenvalue weighted by atomic mass is 10.1. The minimum atomic E-state index is -0.790. The highest BCUT2D eigenvalue weighted by molar-refractivity contribution is 5.71. The van der Waals surface area contributed by atoms with E-state index in [4.69, 9.17) is 14.2 Å². The zero-order valence-corrected chi connectivity index (χ0v) is 47.6. The fourth-order valence-corrected chi connectivity index (χ4v) is 8.23. The highest BCUT2D eigenvalue weighted by Crippen LogP contribution is 2.15. The highest BCUT2D eigenvalue weighted by Gasteiger charge is 2.19. The largest absolute Gasteiger partial charge is 0.462 e. The standard InChI is InChI=1S/C67H112O6/c1-4-7-10-13-16-19-22-24-26-28-30-32-33-35-36-38-40-42-45-48-51-54-57-60-66(69)72-63-64(62-71-65(68)59-56-53-50-47-44-21-18-15-12-9-6-3)73-67(70)61-58-55-52-49-46-43-41-39-37-34-31-29-27-25-23-20-17-14-11-8-5-2/h7-8,10-11,15-20,24-27,30-32,34,64H,4-6,9,12-14,21-23,28-29,33,35-63H2,1-3H3/b10-7-,11-8-,18-15-,19-16-,20-17-,26-24-,27-25-,32-30-,34-31-. The summed E-state index contributed by atoms with van der Waals surface area (Å²) in [5, 5.41) is 0. The van der Waals surface area contributed by atoms with Gasteiger partial charge in [-0.1, -0.05) is 252 Å².